The van der Waals surface area contributed by atoms with Crippen LogP contribution in [0, 0.1) is 5.92 Å². The third-order valence-electron chi connectivity index (χ3n) is 5.47. The molecule has 0 aliphatic heterocycles. The Morgan fingerprint density at radius 2 is 1.61 bits per heavy atom. The van der Waals surface area contributed by atoms with E-state index in [2.05, 4.69) is 34.6 Å². The molecule has 3 N–H and O–H groups in total. The minimum atomic E-state index is -4.23. The van der Waals surface area contributed by atoms with E-state index in [9.17, 15) is 19.5 Å². The lowest BCUT2D eigenvalue weighted by Crippen LogP contribution is -2.22. The van der Waals surface area contributed by atoms with Gasteiger partial charge in [-0.25, -0.2) is 0 Å². The number of phenols is 1. The average molecular weight is 413 g/mol. The maximum atomic E-state index is 11.9. The van der Waals surface area contributed by atoms with Crippen molar-refractivity contribution in [2.45, 2.75) is 104 Å². The van der Waals surface area contributed by atoms with Gasteiger partial charge in [-0.3, -0.25) is 4.57 Å². The number of phenolic OH excluding ortho intramolecular Hbond substituents is 1. The highest BCUT2D eigenvalue weighted by Gasteiger charge is 2.32. The zero-order valence-corrected chi connectivity index (χ0v) is 20.0. The highest BCUT2D eigenvalue weighted by molar-refractivity contribution is 7.50. The van der Waals surface area contributed by atoms with Crippen molar-refractivity contribution in [1.29, 1.82) is 0 Å². The first-order valence-electron chi connectivity index (χ1n) is 10.5. The molecule has 0 saturated heterocycles. The molecule has 0 saturated carbocycles. The number of unbranched alkanes of at least 4 members (excludes halogenated alkanes) is 1. The van der Waals surface area contributed by atoms with E-state index in [0.29, 0.717) is 11.5 Å². The van der Waals surface area contributed by atoms with Crippen LogP contribution in [0.3, 0.4) is 0 Å². The van der Waals surface area contributed by atoms with Crippen LogP contribution in [0.4, 0.5) is 0 Å². The summed E-state index contributed by atoms with van der Waals surface area (Å²) in [5.74, 6) is 0.728. The Balaban J connectivity index is 3.76. The Bertz CT molecular complexity index is 705. The molecule has 5 heteroatoms. The number of hydrogen-bond donors (Lipinski definition) is 3. The van der Waals surface area contributed by atoms with Gasteiger partial charge < -0.3 is 14.9 Å². The van der Waals surface area contributed by atoms with E-state index in [1.54, 1.807) is 0 Å². The molecule has 0 radical (unpaired) electrons. The number of hydrogen-bond acceptors (Lipinski definition) is 2. The maximum Gasteiger partial charge on any atom is 0.329 e. The molecule has 1 aromatic rings. The fourth-order valence-electron chi connectivity index (χ4n) is 3.98. The van der Waals surface area contributed by atoms with Crippen LogP contribution in [0.15, 0.2) is 6.07 Å². The number of rotatable bonds is 8. The van der Waals surface area contributed by atoms with Crippen molar-refractivity contribution in [2.75, 3.05) is 0 Å². The van der Waals surface area contributed by atoms with Crippen molar-refractivity contribution in [3.05, 3.63) is 28.3 Å². The van der Waals surface area contributed by atoms with Gasteiger partial charge in [0.15, 0.2) is 0 Å². The zero-order chi connectivity index (χ0) is 21.9. The fraction of sp³-hybridized carbons (Fsp3) is 0.739. The summed E-state index contributed by atoms with van der Waals surface area (Å²) in [6.45, 7) is 16.6. The fourth-order valence-corrected chi connectivity index (χ4v) is 4.70. The SMILES string of the molecule is CCCCC(CC)Cc1c(CP(=O)(O)O)cc(C(C)(C)C)c(O)c1C(C)(C)C. The van der Waals surface area contributed by atoms with E-state index < -0.39 is 7.60 Å². The van der Waals surface area contributed by atoms with Gasteiger partial charge in [0.2, 0.25) is 0 Å². The lowest BCUT2D eigenvalue weighted by molar-refractivity contribution is 0.370. The Labute approximate surface area is 171 Å². The molecule has 1 unspecified atom stereocenters. The van der Waals surface area contributed by atoms with Gasteiger partial charge >= 0.3 is 7.60 Å². The quantitative estimate of drug-likeness (QED) is 0.430. The Morgan fingerprint density at radius 1 is 1.04 bits per heavy atom. The normalized spacial score (nSPS) is 14.4. The topological polar surface area (TPSA) is 77.8 Å². The summed E-state index contributed by atoms with van der Waals surface area (Å²) >= 11 is 0. The van der Waals surface area contributed by atoms with Crippen LogP contribution < -0.4 is 0 Å². The summed E-state index contributed by atoms with van der Waals surface area (Å²) in [7, 11) is -4.23. The minimum absolute atomic E-state index is 0.279. The van der Waals surface area contributed by atoms with Crippen molar-refractivity contribution in [1.82, 2.24) is 0 Å². The van der Waals surface area contributed by atoms with Gasteiger partial charge in [-0.2, -0.15) is 0 Å². The first kappa shape index (κ1) is 25.2. The predicted octanol–water partition coefficient (Wildman–Crippen LogP) is 6.42. The summed E-state index contributed by atoms with van der Waals surface area (Å²) in [5, 5.41) is 11.2. The van der Waals surface area contributed by atoms with E-state index in [-0.39, 0.29) is 22.7 Å². The van der Waals surface area contributed by atoms with Gasteiger partial charge in [-0.15, -0.1) is 0 Å². The highest BCUT2D eigenvalue weighted by atomic mass is 31.2. The molecular weight excluding hydrogens is 371 g/mol. The predicted molar refractivity (Wildman–Crippen MR) is 118 cm³/mol. The molecule has 0 bridgehead atoms. The van der Waals surface area contributed by atoms with E-state index in [4.69, 9.17) is 0 Å². The van der Waals surface area contributed by atoms with E-state index in [1.807, 2.05) is 26.8 Å². The van der Waals surface area contributed by atoms with Gasteiger partial charge in [0, 0.05) is 5.56 Å². The molecule has 1 aromatic carbocycles. The molecule has 1 atom stereocenters. The first-order valence-corrected chi connectivity index (χ1v) is 12.3. The summed E-state index contributed by atoms with van der Waals surface area (Å²) < 4.78 is 11.9. The smallest absolute Gasteiger partial charge is 0.329 e. The van der Waals surface area contributed by atoms with Crippen LogP contribution in [0.1, 0.15) is 103 Å². The lowest BCUT2D eigenvalue weighted by Gasteiger charge is -2.32. The van der Waals surface area contributed by atoms with Crippen molar-refractivity contribution >= 4 is 7.60 Å². The van der Waals surface area contributed by atoms with Crippen LogP contribution in [0.2, 0.25) is 0 Å². The molecule has 28 heavy (non-hydrogen) atoms. The average Bonchev–Trinajstić information content (AvgIpc) is 2.49. The molecule has 0 aliphatic rings. The summed E-state index contributed by atoms with van der Waals surface area (Å²) in [4.78, 5) is 19.5. The van der Waals surface area contributed by atoms with Crippen molar-refractivity contribution in [3.63, 3.8) is 0 Å². The minimum Gasteiger partial charge on any atom is -0.507 e. The van der Waals surface area contributed by atoms with Gasteiger partial charge in [0.25, 0.3) is 0 Å². The van der Waals surface area contributed by atoms with Gasteiger partial charge in [0.1, 0.15) is 5.75 Å². The Morgan fingerprint density at radius 3 is 2.00 bits per heavy atom. The molecular formula is C23H41O4P. The van der Waals surface area contributed by atoms with Gasteiger partial charge in [-0.1, -0.05) is 87.1 Å². The van der Waals surface area contributed by atoms with Crippen LogP contribution >= 0.6 is 7.60 Å². The molecule has 0 aliphatic carbocycles. The molecule has 4 nitrogen and oxygen atoms in total. The second-order valence-electron chi connectivity index (χ2n) is 10.2. The van der Waals surface area contributed by atoms with Crippen LogP contribution in [-0.4, -0.2) is 14.9 Å². The Kier molecular flexibility index (Phi) is 8.39. The number of aromatic hydroxyl groups is 1. The summed E-state index contributed by atoms with van der Waals surface area (Å²) in [6, 6.07) is 1.84. The largest absolute Gasteiger partial charge is 0.507 e. The molecule has 0 amide bonds. The molecule has 0 spiro atoms. The standard InChI is InChI=1S/C23H41O4P/c1-9-11-12-16(10-2)13-18-17(15-28(25,26)27)14-19(22(3,4)5)21(24)20(18)23(6,7)8/h14,16,24H,9-13,15H2,1-8H3,(H2,25,26,27). The molecule has 162 valence electrons. The zero-order valence-electron chi connectivity index (χ0n) is 19.1. The Hall–Kier alpha value is -0.830. The van der Waals surface area contributed by atoms with E-state index >= 15 is 0 Å². The second-order valence-corrected chi connectivity index (χ2v) is 11.9. The number of benzene rings is 1. The van der Waals surface area contributed by atoms with Crippen molar-refractivity contribution in [3.8, 4) is 5.75 Å². The van der Waals surface area contributed by atoms with Gasteiger partial charge in [-0.05, 0) is 39.9 Å². The maximum absolute atomic E-state index is 11.9. The summed E-state index contributed by atoms with van der Waals surface area (Å²) in [6.07, 6.45) is 4.85. The molecule has 0 fully saturated rings. The van der Waals surface area contributed by atoms with Crippen LogP contribution in [0.25, 0.3) is 0 Å². The van der Waals surface area contributed by atoms with Crippen LogP contribution in [-0.2, 0) is 28.0 Å². The molecule has 0 aromatic heterocycles. The third kappa shape index (κ3) is 6.90. The molecule has 1 rings (SSSR count). The lowest BCUT2D eigenvalue weighted by atomic mass is 9.74. The third-order valence-corrected chi connectivity index (χ3v) is 6.22. The molecule has 0 heterocycles. The monoisotopic (exact) mass is 412 g/mol. The van der Waals surface area contributed by atoms with E-state index in [0.717, 1.165) is 48.8 Å². The van der Waals surface area contributed by atoms with E-state index in [1.165, 1.54) is 0 Å². The second kappa shape index (κ2) is 9.32. The van der Waals surface area contributed by atoms with Gasteiger partial charge in [0.05, 0.1) is 6.16 Å². The first-order chi connectivity index (χ1) is 12.6. The van der Waals surface area contributed by atoms with Crippen LogP contribution in [0.5, 0.6) is 5.75 Å². The van der Waals surface area contributed by atoms with Crippen molar-refractivity contribution in [2.24, 2.45) is 5.92 Å². The summed E-state index contributed by atoms with van der Waals surface area (Å²) in [5.41, 5.74) is 2.58. The highest BCUT2D eigenvalue weighted by Crippen LogP contribution is 2.47. The van der Waals surface area contributed by atoms with Crippen molar-refractivity contribution < 1.29 is 19.5 Å².